The summed E-state index contributed by atoms with van der Waals surface area (Å²) in [5.74, 6) is 0.912. The van der Waals surface area contributed by atoms with E-state index in [1.54, 1.807) is 6.20 Å². The van der Waals surface area contributed by atoms with Gasteiger partial charge < -0.3 is 9.97 Å². The van der Waals surface area contributed by atoms with Crippen molar-refractivity contribution in [1.29, 1.82) is 0 Å². The van der Waals surface area contributed by atoms with Crippen molar-refractivity contribution in [3.8, 4) is 0 Å². The molecule has 1 rings (SSSR count). The van der Waals surface area contributed by atoms with Gasteiger partial charge in [-0.15, -0.1) is 6.20 Å². The molecule has 1 aromatic rings. The van der Waals surface area contributed by atoms with Crippen molar-refractivity contribution in [1.82, 2.24) is 9.97 Å². The van der Waals surface area contributed by atoms with E-state index in [4.69, 9.17) is 0 Å². The summed E-state index contributed by atoms with van der Waals surface area (Å²) in [5.41, 5.74) is 0. The van der Waals surface area contributed by atoms with E-state index in [1.807, 2.05) is 6.92 Å². The Hall–Kier alpha value is -0.206. The first-order valence-electron chi connectivity index (χ1n) is 1.77. The quantitative estimate of drug-likeness (QED) is 0.512. The van der Waals surface area contributed by atoms with Gasteiger partial charge in [-0.05, 0) is 0 Å². The molecule has 0 saturated carbocycles. The van der Waals surface area contributed by atoms with Crippen LogP contribution in [0.15, 0.2) is 6.20 Å². The minimum atomic E-state index is 0. The van der Waals surface area contributed by atoms with Crippen LogP contribution >= 0.6 is 0 Å². The van der Waals surface area contributed by atoms with Crippen LogP contribution < -0.4 is 0 Å². The topological polar surface area (TPSA) is 28.7 Å². The fourth-order valence-electron chi connectivity index (χ4n) is 0.298. The van der Waals surface area contributed by atoms with E-state index in [-0.39, 0.29) is 18.6 Å². The summed E-state index contributed by atoms with van der Waals surface area (Å²) in [6.07, 6.45) is 4.30. The van der Waals surface area contributed by atoms with E-state index in [9.17, 15) is 0 Å². The van der Waals surface area contributed by atoms with Crippen molar-refractivity contribution in [2.24, 2.45) is 0 Å². The number of hydrogen-bond donors (Lipinski definition) is 1. The van der Waals surface area contributed by atoms with E-state index in [0.717, 1.165) is 5.82 Å². The Bertz CT molecular complexity index is 113. The Kier molecular flexibility index (Phi) is 2.80. The number of aromatic amines is 1. The smallest absolute Gasteiger partial charge is 0 e. The summed E-state index contributed by atoms with van der Waals surface area (Å²) in [6.45, 7) is 1.89. The third-order valence-corrected chi connectivity index (χ3v) is 0.578. The average molecular weight is 132 g/mol. The fraction of sp³-hybridized carbons (Fsp3) is 0.250. The average Bonchev–Trinajstić information content (AvgIpc) is 1.86. The zero-order valence-corrected chi connectivity index (χ0v) is 5.37. The molecule has 37 valence electrons. The standard InChI is InChI=1S/C4H5N2.V/c1-4-5-2-3-6-4;/h2H,1H3,(H,5,6);/q-1;. The van der Waals surface area contributed by atoms with Crippen LogP contribution in [0.25, 0.3) is 0 Å². The second-order valence-electron chi connectivity index (χ2n) is 1.11. The summed E-state index contributed by atoms with van der Waals surface area (Å²) in [6, 6.07) is 0. The van der Waals surface area contributed by atoms with Crippen LogP contribution in [-0.4, -0.2) is 9.97 Å². The van der Waals surface area contributed by atoms with Gasteiger partial charge in [0.1, 0.15) is 0 Å². The molecule has 0 aromatic carbocycles. The van der Waals surface area contributed by atoms with Gasteiger partial charge in [0.25, 0.3) is 0 Å². The number of aromatic nitrogens is 2. The predicted molar refractivity (Wildman–Crippen MR) is 22.2 cm³/mol. The van der Waals surface area contributed by atoms with Crippen LogP contribution in [0.3, 0.4) is 0 Å². The summed E-state index contributed by atoms with van der Waals surface area (Å²) in [5, 5.41) is 0. The molecule has 0 aliphatic carbocycles. The van der Waals surface area contributed by atoms with Crippen molar-refractivity contribution in [2.45, 2.75) is 6.92 Å². The number of nitrogens with one attached hydrogen (secondary N) is 1. The van der Waals surface area contributed by atoms with Gasteiger partial charge in [0.15, 0.2) is 0 Å². The minimum Gasteiger partial charge on any atom is -0.442 e. The van der Waals surface area contributed by atoms with Crippen LogP contribution in [0.2, 0.25) is 0 Å². The zero-order valence-electron chi connectivity index (χ0n) is 3.97. The molecule has 7 heavy (non-hydrogen) atoms. The molecule has 0 aliphatic heterocycles. The van der Waals surface area contributed by atoms with Crippen LogP contribution in [0.1, 0.15) is 5.82 Å². The Balaban J connectivity index is 0.000000360. The van der Waals surface area contributed by atoms with Crippen LogP contribution in [0, 0.1) is 13.1 Å². The molecule has 0 bridgehead atoms. The van der Waals surface area contributed by atoms with Gasteiger partial charge in [-0.3, -0.25) is 0 Å². The first kappa shape index (κ1) is 6.79. The monoisotopic (exact) mass is 132 g/mol. The third kappa shape index (κ3) is 1.81. The van der Waals surface area contributed by atoms with Crippen LogP contribution in [-0.2, 0) is 18.6 Å². The predicted octanol–water partition coefficient (Wildman–Crippen LogP) is 0.516. The summed E-state index contributed by atoms with van der Waals surface area (Å²) in [4.78, 5) is 6.57. The van der Waals surface area contributed by atoms with Gasteiger partial charge >= 0.3 is 0 Å². The number of hydrogen-bond acceptors (Lipinski definition) is 1. The molecule has 0 atom stereocenters. The van der Waals surface area contributed by atoms with E-state index in [1.165, 1.54) is 0 Å². The van der Waals surface area contributed by atoms with Gasteiger partial charge in [0, 0.05) is 18.6 Å². The molecule has 0 aliphatic rings. The molecule has 0 saturated heterocycles. The van der Waals surface area contributed by atoms with E-state index in [2.05, 4.69) is 16.2 Å². The molecular formula is C4H5N2V-. The summed E-state index contributed by atoms with van der Waals surface area (Å²) >= 11 is 0. The second-order valence-corrected chi connectivity index (χ2v) is 1.11. The maximum atomic E-state index is 3.74. The van der Waals surface area contributed by atoms with Crippen molar-refractivity contribution < 1.29 is 18.6 Å². The van der Waals surface area contributed by atoms with Gasteiger partial charge in [-0.2, -0.15) is 0 Å². The minimum absolute atomic E-state index is 0. The molecule has 3 heteroatoms. The molecule has 1 aromatic heterocycles. The van der Waals surface area contributed by atoms with Crippen LogP contribution in [0.5, 0.6) is 0 Å². The van der Waals surface area contributed by atoms with Gasteiger partial charge in [0.2, 0.25) is 0 Å². The third-order valence-electron chi connectivity index (χ3n) is 0.578. The molecule has 2 nitrogen and oxygen atoms in total. The summed E-state index contributed by atoms with van der Waals surface area (Å²) < 4.78 is 0. The molecule has 1 radical (unpaired) electrons. The molecule has 1 N–H and O–H groups in total. The number of rotatable bonds is 0. The molecule has 1 heterocycles. The maximum Gasteiger partial charge on any atom is 0 e. The van der Waals surface area contributed by atoms with E-state index in [0.29, 0.717) is 0 Å². The Morgan fingerprint density at radius 3 is 2.71 bits per heavy atom. The Morgan fingerprint density at radius 1 is 1.86 bits per heavy atom. The normalized spacial score (nSPS) is 7.57. The second kappa shape index (κ2) is 2.89. The van der Waals surface area contributed by atoms with Crippen molar-refractivity contribution >= 4 is 0 Å². The number of aryl methyl sites for hydroxylation is 1. The zero-order chi connectivity index (χ0) is 4.41. The first-order chi connectivity index (χ1) is 2.89. The largest absolute Gasteiger partial charge is 0.442 e. The van der Waals surface area contributed by atoms with Gasteiger partial charge in [0.05, 0.1) is 0 Å². The maximum absolute atomic E-state index is 3.74. The SMILES string of the molecule is Cc1n[c-]c[nH]1.[V]. The molecule has 0 spiro atoms. The Labute approximate surface area is 54.2 Å². The number of nitrogens with zero attached hydrogens (tertiary/aromatic N) is 1. The molecule has 0 amide bonds. The molecular weight excluding hydrogens is 127 g/mol. The van der Waals surface area contributed by atoms with Crippen molar-refractivity contribution in [3.63, 3.8) is 0 Å². The van der Waals surface area contributed by atoms with Crippen molar-refractivity contribution in [3.05, 3.63) is 18.2 Å². The fourth-order valence-corrected chi connectivity index (χ4v) is 0.298. The molecule has 0 unspecified atom stereocenters. The first-order valence-corrected chi connectivity index (χ1v) is 1.77. The van der Waals surface area contributed by atoms with Gasteiger partial charge in [-0.1, -0.05) is 18.9 Å². The number of imidazole rings is 1. The van der Waals surface area contributed by atoms with Crippen molar-refractivity contribution in [2.75, 3.05) is 0 Å². The summed E-state index contributed by atoms with van der Waals surface area (Å²) in [7, 11) is 0. The molecule has 0 fully saturated rings. The van der Waals surface area contributed by atoms with Crippen LogP contribution in [0.4, 0.5) is 0 Å². The Morgan fingerprint density at radius 2 is 2.57 bits per heavy atom. The van der Waals surface area contributed by atoms with Gasteiger partial charge in [-0.25, -0.2) is 0 Å². The number of H-pyrrole nitrogens is 1. The van der Waals surface area contributed by atoms with E-state index >= 15 is 0 Å². The van der Waals surface area contributed by atoms with E-state index < -0.39 is 0 Å².